The van der Waals surface area contributed by atoms with Crippen LogP contribution in [-0.4, -0.2) is 12.6 Å². The summed E-state index contributed by atoms with van der Waals surface area (Å²) in [6.07, 6.45) is 0. The SMILES string of the molecule is [CH]=NC(C)=O. The zero-order valence-corrected chi connectivity index (χ0v) is 2.93. The van der Waals surface area contributed by atoms with E-state index in [2.05, 4.69) is 11.7 Å². The van der Waals surface area contributed by atoms with Crippen molar-refractivity contribution in [3.8, 4) is 0 Å². The summed E-state index contributed by atoms with van der Waals surface area (Å²) in [5, 5.41) is 0. The molecule has 1 radical (unpaired) electrons. The molecule has 0 aliphatic rings. The van der Waals surface area contributed by atoms with Crippen molar-refractivity contribution >= 4 is 12.6 Å². The zero-order chi connectivity index (χ0) is 4.28. The molecule has 27 valence electrons. The van der Waals surface area contributed by atoms with Gasteiger partial charge in [0.2, 0.25) is 5.91 Å². The molecule has 0 heterocycles. The summed E-state index contributed by atoms with van der Waals surface area (Å²) in [5.74, 6) is -0.343. The number of nitrogens with zero attached hydrogens (tertiary/aromatic N) is 1. The van der Waals surface area contributed by atoms with Gasteiger partial charge in [0.25, 0.3) is 0 Å². The molecule has 0 unspecified atom stereocenters. The molecule has 5 heavy (non-hydrogen) atoms. The summed E-state index contributed by atoms with van der Waals surface area (Å²) in [6.45, 7) is 5.74. The Morgan fingerprint density at radius 1 is 2.00 bits per heavy atom. The Labute approximate surface area is 30.5 Å². The van der Waals surface area contributed by atoms with Gasteiger partial charge < -0.3 is 0 Å². The maximum absolute atomic E-state index is 9.52. The molecule has 0 atom stereocenters. The number of carbonyl (C=O) groups excluding carboxylic acids is 1. The molecule has 0 saturated heterocycles. The summed E-state index contributed by atoms with van der Waals surface area (Å²) in [6, 6.07) is 0. The van der Waals surface area contributed by atoms with Crippen molar-refractivity contribution in [1.29, 1.82) is 0 Å². The third kappa shape index (κ3) is 3.34. The minimum absolute atomic E-state index is 0.343. The van der Waals surface area contributed by atoms with E-state index >= 15 is 0 Å². The second-order valence-corrected chi connectivity index (χ2v) is 0.648. The number of aliphatic imine (C=N–C) groups is 1. The quantitative estimate of drug-likeness (QED) is 0.372. The van der Waals surface area contributed by atoms with Gasteiger partial charge in [0.15, 0.2) is 0 Å². The van der Waals surface area contributed by atoms with Crippen molar-refractivity contribution in [2.24, 2.45) is 4.99 Å². The molecule has 0 aromatic rings. The van der Waals surface area contributed by atoms with E-state index in [1.165, 1.54) is 6.92 Å². The number of hydrogen-bond acceptors (Lipinski definition) is 1. The van der Waals surface area contributed by atoms with E-state index in [0.717, 1.165) is 0 Å². The third-order valence-electron chi connectivity index (χ3n) is 0.182. The van der Waals surface area contributed by atoms with Crippen molar-refractivity contribution in [3.63, 3.8) is 0 Å². The largest absolute Gasteiger partial charge is 0.273 e. The molecule has 1 amide bonds. The lowest BCUT2D eigenvalue weighted by Crippen LogP contribution is -1.75. The van der Waals surface area contributed by atoms with Crippen LogP contribution in [0.1, 0.15) is 6.92 Å². The number of carbonyl (C=O) groups is 1. The molecular weight excluding hydrogens is 66.0 g/mol. The first-order valence-corrected chi connectivity index (χ1v) is 1.19. The molecular formula is C3H4NO. The van der Waals surface area contributed by atoms with Crippen LogP contribution in [0.4, 0.5) is 0 Å². The first kappa shape index (κ1) is 4.34. The van der Waals surface area contributed by atoms with Crippen LogP contribution in [0.15, 0.2) is 4.99 Å². The van der Waals surface area contributed by atoms with Crippen molar-refractivity contribution in [3.05, 3.63) is 0 Å². The Bertz CT molecular complexity index is 57.9. The molecule has 0 bridgehead atoms. The Morgan fingerprint density at radius 2 is 2.20 bits per heavy atom. The van der Waals surface area contributed by atoms with Gasteiger partial charge in [-0.25, -0.2) is 4.99 Å². The Hall–Kier alpha value is -0.660. The first-order valence-electron chi connectivity index (χ1n) is 1.19. The van der Waals surface area contributed by atoms with Gasteiger partial charge in [-0.1, -0.05) is 0 Å². The summed E-state index contributed by atoms with van der Waals surface area (Å²) in [7, 11) is 0. The maximum Gasteiger partial charge on any atom is 0.242 e. The van der Waals surface area contributed by atoms with Crippen molar-refractivity contribution in [1.82, 2.24) is 0 Å². The molecule has 2 heteroatoms. The second kappa shape index (κ2) is 1.64. The predicted octanol–water partition coefficient (Wildman–Crippen LogP) is 0.110. The van der Waals surface area contributed by atoms with Crippen LogP contribution in [-0.2, 0) is 4.79 Å². The van der Waals surface area contributed by atoms with E-state index in [9.17, 15) is 4.79 Å². The molecule has 0 rings (SSSR count). The first-order chi connectivity index (χ1) is 2.27. The molecule has 0 fully saturated rings. The van der Waals surface area contributed by atoms with Gasteiger partial charge in [-0.2, -0.15) is 0 Å². The summed E-state index contributed by atoms with van der Waals surface area (Å²) < 4.78 is 0. The highest BCUT2D eigenvalue weighted by Gasteiger charge is 1.71. The molecule has 0 saturated carbocycles. The lowest BCUT2D eigenvalue weighted by Gasteiger charge is -1.63. The van der Waals surface area contributed by atoms with Crippen LogP contribution in [0, 0.1) is 0 Å². The molecule has 0 aliphatic heterocycles. The predicted molar refractivity (Wildman–Crippen MR) is 19.2 cm³/mol. The fourth-order valence-electron chi connectivity index (χ4n) is 0. The van der Waals surface area contributed by atoms with Gasteiger partial charge >= 0.3 is 0 Å². The van der Waals surface area contributed by atoms with E-state index in [1.54, 1.807) is 0 Å². The molecule has 0 aromatic heterocycles. The van der Waals surface area contributed by atoms with E-state index < -0.39 is 0 Å². The highest BCUT2D eigenvalue weighted by Crippen LogP contribution is 1.59. The average molecular weight is 70.1 g/mol. The minimum atomic E-state index is -0.343. The van der Waals surface area contributed by atoms with Crippen LogP contribution >= 0.6 is 0 Å². The lowest BCUT2D eigenvalue weighted by molar-refractivity contribution is -0.115. The van der Waals surface area contributed by atoms with Gasteiger partial charge in [-0.3, -0.25) is 4.79 Å². The van der Waals surface area contributed by atoms with E-state index in [-0.39, 0.29) is 5.91 Å². The smallest absolute Gasteiger partial charge is 0.242 e. The average Bonchev–Trinajstić information content (AvgIpc) is 1.38. The Morgan fingerprint density at radius 3 is 2.20 bits per heavy atom. The van der Waals surface area contributed by atoms with Gasteiger partial charge in [0.1, 0.15) is 0 Å². The molecule has 0 aromatic carbocycles. The van der Waals surface area contributed by atoms with E-state index in [0.29, 0.717) is 0 Å². The van der Waals surface area contributed by atoms with Crippen molar-refractivity contribution in [2.75, 3.05) is 0 Å². The van der Waals surface area contributed by atoms with Crippen LogP contribution in [0.3, 0.4) is 0 Å². The van der Waals surface area contributed by atoms with Crippen LogP contribution in [0.5, 0.6) is 0 Å². The van der Waals surface area contributed by atoms with Gasteiger partial charge in [-0.15, -0.1) is 0 Å². The van der Waals surface area contributed by atoms with Crippen molar-refractivity contribution in [2.45, 2.75) is 6.92 Å². The van der Waals surface area contributed by atoms with Crippen LogP contribution < -0.4 is 0 Å². The molecule has 0 N–H and O–H groups in total. The number of rotatable bonds is 0. The standard InChI is InChI=1S/C3H4NO/c1-3(5)4-2/h2H,1H3. The van der Waals surface area contributed by atoms with Crippen molar-refractivity contribution < 1.29 is 4.79 Å². The zero-order valence-electron chi connectivity index (χ0n) is 2.93. The fourth-order valence-corrected chi connectivity index (χ4v) is 0. The van der Waals surface area contributed by atoms with Gasteiger partial charge in [0, 0.05) is 13.6 Å². The highest BCUT2D eigenvalue weighted by molar-refractivity contribution is 5.77. The Balaban J connectivity index is 3.20. The van der Waals surface area contributed by atoms with Crippen LogP contribution in [0.2, 0.25) is 0 Å². The molecule has 0 spiro atoms. The van der Waals surface area contributed by atoms with Gasteiger partial charge in [0.05, 0.1) is 0 Å². The summed E-state index contributed by atoms with van der Waals surface area (Å²) in [5.41, 5.74) is 0. The summed E-state index contributed by atoms with van der Waals surface area (Å²) in [4.78, 5) is 12.3. The fraction of sp³-hybridized carbons (Fsp3) is 0.333. The topological polar surface area (TPSA) is 29.4 Å². The second-order valence-electron chi connectivity index (χ2n) is 0.648. The van der Waals surface area contributed by atoms with E-state index in [4.69, 9.17) is 0 Å². The molecule has 2 nitrogen and oxygen atoms in total. The monoisotopic (exact) mass is 70.0 g/mol. The van der Waals surface area contributed by atoms with Crippen LogP contribution in [0.25, 0.3) is 0 Å². The summed E-state index contributed by atoms with van der Waals surface area (Å²) >= 11 is 0. The number of amides is 1. The Kier molecular flexibility index (Phi) is 1.42. The number of hydrogen-bond donors (Lipinski definition) is 0. The highest BCUT2D eigenvalue weighted by atomic mass is 16.1. The lowest BCUT2D eigenvalue weighted by atomic mass is 10.8. The molecule has 0 aliphatic carbocycles. The third-order valence-corrected chi connectivity index (χ3v) is 0.182. The normalized spacial score (nSPS) is 6.60. The minimum Gasteiger partial charge on any atom is -0.273 e. The van der Waals surface area contributed by atoms with E-state index in [1.807, 2.05) is 0 Å². The maximum atomic E-state index is 9.52. The van der Waals surface area contributed by atoms with Gasteiger partial charge in [-0.05, 0) is 0 Å².